The molecule has 3 aromatic rings. The Kier molecular flexibility index (Phi) is 5.26. The van der Waals surface area contributed by atoms with Crippen LogP contribution in [-0.2, 0) is 4.79 Å². The van der Waals surface area contributed by atoms with Gasteiger partial charge >= 0.3 is 0 Å². The molecular formula is C20H19N3O2. The lowest BCUT2D eigenvalue weighted by atomic mass is 10.2. The van der Waals surface area contributed by atoms with Crippen molar-refractivity contribution in [3.63, 3.8) is 0 Å². The first-order chi connectivity index (χ1) is 12.2. The van der Waals surface area contributed by atoms with Crippen LogP contribution >= 0.6 is 0 Å². The van der Waals surface area contributed by atoms with E-state index in [2.05, 4.69) is 15.6 Å². The Labute approximate surface area is 146 Å². The Bertz CT molecular complexity index is 816. The molecule has 0 unspecified atom stereocenters. The van der Waals surface area contributed by atoms with Gasteiger partial charge in [-0.2, -0.15) is 0 Å². The first-order valence-electron chi connectivity index (χ1n) is 7.97. The number of rotatable bonds is 6. The third-order valence-corrected chi connectivity index (χ3v) is 3.53. The van der Waals surface area contributed by atoms with Crippen LogP contribution in [0.1, 0.15) is 5.56 Å². The van der Waals surface area contributed by atoms with Gasteiger partial charge in [-0.15, -0.1) is 0 Å². The zero-order valence-corrected chi connectivity index (χ0v) is 13.9. The molecule has 2 aromatic carbocycles. The molecule has 0 fully saturated rings. The standard InChI is InChI=1S/C20H19N3O2/c1-15-2-4-17(5-3-15)23-20(24)14-22-16-6-8-18(9-7-16)25-19-10-12-21-13-11-19/h2-13,22H,14H2,1H3,(H,23,24). The molecule has 2 N–H and O–H groups in total. The molecule has 0 saturated heterocycles. The second-order valence-corrected chi connectivity index (χ2v) is 5.58. The van der Waals surface area contributed by atoms with Gasteiger partial charge in [0, 0.05) is 23.8 Å². The third kappa shape index (κ3) is 5.07. The van der Waals surface area contributed by atoms with Crippen LogP contribution in [-0.4, -0.2) is 17.4 Å². The number of benzene rings is 2. The molecule has 0 saturated carbocycles. The molecule has 0 aliphatic heterocycles. The van der Waals surface area contributed by atoms with Crippen LogP contribution < -0.4 is 15.4 Å². The van der Waals surface area contributed by atoms with Gasteiger partial charge in [-0.25, -0.2) is 0 Å². The van der Waals surface area contributed by atoms with Crippen LogP contribution in [0.4, 0.5) is 11.4 Å². The summed E-state index contributed by atoms with van der Waals surface area (Å²) < 4.78 is 5.70. The van der Waals surface area contributed by atoms with E-state index in [1.54, 1.807) is 24.5 Å². The maximum atomic E-state index is 12.0. The van der Waals surface area contributed by atoms with Crippen LogP contribution in [0.15, 0.2) is 73.1 Å². The van der Waals surface area contributed by atoms with Gasteiger partial charge < -0.3 is 15.4 Å². The number of pyridine rings is 1. The van der Waals surface area contributed by atoms with Crippen LogP contribution in [0, 0.1) is 6.92 Å². The van der Waals surface area contributed by atoms with Crippen molar-refractivity contribution < 1.29 is 9.53 Å². The number of ether oxygens (including phenoxy) is 1. The highest BCUT2D eigenvalue weighted by atomic mass is 16.5. The minimum atomic E-state index is -0.0963. The Morgan fingerprint density at radius 1 is 0.880 bits per heavy atom. The predicted molar refractivity (Wildman–Crippen MR) is 99.1 cm³/mol. The van der Waals surface area contributed by atoms with E-state index >= 15 is 0 Å². The zero-order valence-electron chi connectivity index (χ0n) is 13.9. The third-order valence-electron chi connectivity index (χ3n) is 3.53. The predicted octanol–water partition coefficient (Wildman–Crippen LogP) is 4.23. The molecule has 25 heavy (non-hydrogen) atoms. The fourth-order valence-electron chi connectivity index (χ4n) is 2.21. The molecule has 1 aromatic heterocycles. The number of amides is 1. The average molecular weight is 333 g/mol. The van der Waals surface area contributed by atoms with Crippen molar-refractivity contribution >= 4 is 17.3 Å². The minimum Gasteiger partial charge on any atom is -0.457 e. The summed E-state index contributed by atoms with van der Waals surface area (Å²) in [6.45, 7) is 2.20. The molecule has 0 bridgehead atoms. The molecule has 0 aliphatic carbocycles. The molecule has 0 aliphatic rings. The number of aromatic nitrogens is 1. The first-order valence-corrected chi connectivity index (χ1v) is 7.97. The normalized spacial score (nSPS) is 10.1. The molecule has 126 valence electrons. The van der Waals surface area contributed by atoms with Gasteiger partial charge in [0.05, 0.1) is 6.54 Å². The average Bonchev–Trinajstić information content (AvgIpc) is 2.64. The lowest BCUT2D eigenvalue weighted by molar-refractivity contribution is -0.114. The van der Waals surface area contributed by atoms with Gasteiger partial charge in [0.15, 0.2) is 0 Å². The van der Waals surface area contributed by atoms with Crippen LogP contribution in [0.3, 0.4) is 0 Å². The Morgan fingerprint density at radius 2 is 1.48 bits per heavy atom. The second-order valence-electron chi connectivity index (χ2n) is 5.58. The summed E-state index contributed by atoms with van der Waals surface area (Å²) >= 11 is 0. The van der Waals surface area contributed by atoms with Gasteiger partial charge in [-0.05, 0) is 55.5 Å². The first kappa shape index (κ1) is 16.5. The number of carbonyl (C=O) groups is 1. The van der Waals surface area contributed by atoms with Gasteiger partial charge in [-0.3, -0.25) is 9.78 Å². The molecule has 5 heteroatoms. The Balaban J connectivity index is 1.49. The smallest absolute Gasteiger partial charge is 0.243 e. The van der Waals surface area contributed by atoms with Crippen molar-refractivity contribution in [2.24, 2.45) is 0 Å². The van der Waals surface area contributed by atoms with Crippen molar-refractivity contribution in [2.75, 3.05) is 17.2 Å². The SMILES string of the molecule is Cc1ccc(NC(=O)CNc2ccc(Oc3ccncc3)cc2)cc1. The highest BCUT2D eigenvalue weighted by Gasteiger charge is 2.03. The lowest BCUT2D eigenvalue weighted by Gasteiger charge is -2.09. The summed E-state index contributed by atoms with van der Waals surface area (Å²) in [7, 11) is 0. The quantitative estimate of drug-likeness (QED) is 0.708. The van der Waals surface area contributed by atoms with Crippen molar-refractivity contribution in [1.29, 1.82) is 0 Å². The molecule has 3 rings (SSSR count). The summed E-state index contributed by atoms with van der Waals surface area (Å²) in [4.78, 5) is 15.9. The van der Waals surface area contributed by atoms with Gasteiger partial charge in [0.1, 0.15) is 11.5 Å². The van der Waals surface area contributed by atoms with Crippen LogP contribution in [0.5, 0.6) is 11.5 Å². The molecule has 0 atom stereocenters. The number of aryl methyl sites for hydroxylation is 1. The molecule has 0 spiro atoms. The zero-order chi connectivity index (χ0) is 17.5. The number of nitrogens with one attached hydrogen (secondary N) is 2. The van der Waals surface area contributed by atoms with E-state index < -0.39 is 0 Å². The van der Waals surface area contributed by atoms with E-state index in [0.29, 0.717) is 0 Å². The number of anilines is 2. The summed E-state index contributed by atoms with van der Waals surface area (Å²) in [5.74, 6) is 1.36. The fraction of sp³-hybridized carbons (Fsp3) is 0.100. The summed E-state index contributed by atoms with van der Waals surface area (Å²) in [6.07, 6.45) is 3.36. The van der Waals surface area contributed by atoms with Gasteiger partial charge in [0.25, 0.3) is 0 Å². The van der Waals surface area contributed by atoms with Crippen molar-refractivity contribution in [1.82, 2.24) is 4.98 Å². The van der Waals surface area contributed by atoms with E-state index in [4.69, 9.17) is 4.74 Å². The number of carbonyl (C=O) groups excluding carboxylic acids is 1. The van der Waals surface area contributed by atoms with Crippen molar-refractivity contribution in [3.8, 4) is 11.5 Å². The fourth-order valence-corrected chi connectivity index (χ4v) is 2.21. The minimum absolute atomic E-state index is 0.0963. The topological polar surface area (TPSA) is 63.2 Å². The van der Waals surface area contributed by atoms with E-state index in [0.717, 1.165) is 28.4 Å². The van der Waals surface area contributed by atoms with E-state index in [-0.39, 0.29) is 12.5 Å². The van der Waals surface area contributed by atoms with E-state index in [1.165, 1.54) is 0 Å². The second kappa shape index (κ2) is 7.97. The summed E-state index contributed by atoms with van der Waals surface area (Å²) in [5.41, 5.74) is 2.80. The largest absolute Gasteiger partial charge is 0.457 e. The van der Waals surface area contributed by atoms with Gasteiger partial charge in [0.2, 0.25) is 5.91 Å². The molecule has 1 heterocycles. The number of hydrogen-bond donors (Lipinski definition) is 2. The van der Waals surface area contributed by atoms with Crippen molar-refractivity contribution in [3.05, 3.63) is 78.6 Å². The monoisotopic (exact) mass is 333 g/mol. The Hall–Kier alpha value is -3.34. The Morgan fingerprint density at radius 3 is 2.16 bits per heavy atom. The number of hydrogen-bond acceptors (Lipinski definition) is 4. The number of nitrogens with zero attached hydrogens (tertiary/aromatic N) is 1. The van der Waals surface area contributed by atoms with Gasteiger partial charge in [-0.1, -0.05) is 17.7 Å². The highest BCUT2D eigenvalue weighted by Crippen LogP contribution is 2.22. The van der Waals surface area contributed by atoms with Crippen LogP contribution in [0.2, 0.25) is 0 Å². The summed E-state index contributed by atoms with van der Waals surface area (Å²) in [6, 6.07) is 18.7. The maximum Gasteiger partial charge on any atom is 0.243 e. The van der Waals surface area contributed by atoms with E-state index in [9.17, 15) is 4.79 Å². The molecule has 0 radical (unpaired) electrons. The van der Waals surface area contributed by atoms with E-state index in [1.807, 2.05) is 55.5 Å². The molecular weight excluding hydrogens is 314 g/mol. The molecule has 5 nitrogen and oxygen atoms in total. The maximum absolute atomic E-state index is 12.0. The highest BCUT2D eigenvalue weighted by molar-refractivity contribution is 5.93. The molecule has 1 amide bonds. The lowest BCUT2D eigenvalue weighted by Crippen LogP contribution is -2.21. The van der Waals surface area contributed by atoms with Crippen molar-refractivity contribution in [2.45, 2.75) is 6.92 Å². The summed E-state index contributed by atoms with van der Waals surface area (Å²) in [5, 5.41) is 5.94. The van der Waals surface area contributed by atoms with Crippen LogP contribution in [0.25, 0.3) is 0 Å².